The van der Waals surface area contributed by atoms with Crippen molar-refractivity contribution < 1.29 is 9.53 Å². The van der Waals surface area contributed by atoms with Crippen LogP contribution >= 0.6 is 0 Å². The predicted octanol–water partition coefficient (Wildman–Crippen LogP) is 3.08. The fraction of sp³-hybridized carbons (Fsp3) is 0.588. The van der Waals surface area contributed by atoms with Gasteiger partial charge in [-0.2, -0.15) is 0 Å². The molecular weight excluding hydrogens is 264 g/mol. The van der Waals surface area contributed by atoms with Crippen LogP contribution in [-0.4, -0.2) is 30.5 Å². The van der Waals surface area contributed by atoms with E-state index in [0.29, 0.717) is 24.5 Å². The van der Waals surface area contributed by atoms with Crippen molar-refractivity contribution in [3.05, 3.63) is 24.3 Å². The molecule has 1 aromatic rings. The van der Waals surface area contributed by atoms with Gasteiger partial charge in [0.1, 0.15) is 5.75 Å². The minimum atomic E-state index is 0.196. The molecule has 2 N–H and O–H groups in total. The van der Waals surface area contributed by atoms with Gasteiger partial charge in [0.2, 0.25) is 5.91 Å². The summed E-state index contributed by atoms with van der Waals surface area (Å²) in [5.74, 6) is 1.64. The summed E-state index contributed by atoms with van der Waals surface area (Å²) >= 11 is 0. The van der Waals surface area contributed by atoms with Crippen molar-refractivity contribution in [1.82, 2.24) is 4.90 Å². The van der Waals surface area contributed by atoms with Gasteiger partial charge < -0.3 is 15.4 Å². The van der Waals surface area contributed by atoms with Crippen LogP contribution in [0.25, 0.3) is 0 Å². The molecule has 1 saturated heterocycles. The van der Waals surface area contributed by atoms with Crippen LogP contribution in [-0.2, 0) is 4.79 Å². The maximum atomic E-state index is 12.2. The highest BCUT2D eigenvalue weighted by atomic mass is 16.5. The molecule has 1 aliphatic rings. The molecule has 1 amide bonds. The molecule has 1 unspecified atom stereocenters. The Kier molecular flexibility index (Phi) is 5.90. The van der Waals surface area contributed by atoms with Crippen LogP contribution in [0.4, 0.5) is 5.69 Å². The molecule has 1 fully saturated rings. The Hall–Kier alpha value is -1.71. The molecule has 0 aromatic heterocycles. The first-order valence-corrected chi connectivity index (χ1v) is 7.95. The first-order valence-electron chi connectivity index (χ1n) is 7.95. The number of likely N-dealkylation sites (tertiary alicyclic amines) is 1. The molecule has 0 saturated carbocycles. The minimum absolute atomic E-state index is 0.196. The van der Waals surface area contributed by atoms with Crippen molar-refractivity contribution in [2.75, 3.05) is 25.4 Å². The second-order valence-corrected chi connectivity index (χ2v) is 5.72. The van der Waals surface area contributed by atoms with E-state index >= 15 is 0 Å². The summed E-state index contributed by atoms with van der Waals surface area (Å²) in [6.45, 7) is 4.41. The highest BCUT2D eigenvalue weighted by molar-refractivity contribution is 5.76. The van der Waals surface area contributed by atoms with E-state index < -0.39 is 0 Å². The molecule has 1 atom stereocenters. The average molecular weight is 290 g/mol. The standard InChI is InChI=1S/C17H26N2O2/c1-2-14-6-5-11-19(12-9-14)17(20)10-13-21-16-8-4-3-7-15(16)18/h3-4,7-8,14H,2,5-6,9-13,18H2,1H3. The third-order valence-electron chi connectivity index (χ3n) is 4.27. The first-order chi connectivity index (χ1) is 10.2. The van der Waals surface area contributed by atoms with Crippen LogP contribution in [0.2, 0.25) is 0 Å². The van der Waals surface area contributed by atoms with E-state index in [4.69, 9.17) is 10.5 Å². The SMILES string of the molecule is CCC1CCCN(C(=O)CCOc2ccccc2N)CC1. The summed E-state index contributed by atoms with van der Waals surface area (Å²) < 4.78 is 5.60. The van der Waals surface area contributed by atoms with Crippen molar-refractivity contribution in [2.45, 2.75) is 39.0 Å². The van der Waals surface area contributed by atoms with Gasteiger partial charge in [0.25, 0.3) is 0 Å². The van der Waals surface area contributed by atoms with E-state index in [1.165, 1.54) is 12.8 Å². The Bertz CT molecular complexity index is 462. The number of rotatable bonds is 5. The number of benzene rings is 1. The van der Waals surface area contributed by atoms with E-state index in [1.807, 2.05) is 23.1 Å². The van der Waals surface area contributed by atoms with Crippen LogP contribution in [0.5, 0.6) is 5.75 Å². The summed E-state index contributed by atoms with van der Waals surface area (Å²) in [6.07, 6.45) is 5.15. The first kappa shape index (κ1) is 15.7. The van der Waals surface area contributed by atoms with Crippen molar-refractivity contribution in [3.63, 3.8) is 0 Å². The lowest BCUT2D eigenvalue weighted by Gasteiger charge is -2.20. The summed E-state index contributed by atoms with van der Waals surface area (Å²) in [4.78, 5) is 14.2. The van der Waals surface area contributed by atoms with Crippen LogP contribution in [0.15, 0.2) is 24.3 Å². The zero-order valence-corrected chi connectivity index (χ0v) is 12.9. The number of ether oxygens (including phenoxy) is 1. The van der Waals surface area contributed by atoms with Crippen molar-refractivity contribution in [1.29, 1.82) is 0 Å². The maximum absolute atomic E-state index is 12.2. The number of hydrogen-bond acceptors (Lipinski definition) is 3. The largest absolute Gasteiger partial charge is 0.491 e. The van der Waals surface area contributed by atoms with Crippen LogP contribution in [0.3, 0.4) is 0 Å². The second-order valence-electron chi connectivity index (χ2n) is 5.72. The molecule has 0 aliphatic carbocycles. The number of anilines is 1. The Morgan fingerprint density at radius 3 is 2.90 bits per heavy atom. The highest BCUT2D eigenvalue weighted by Crippen LogP contribution is 2.21. The monoisotopic (exact) mass is 290 g/mol. The Labute approximate surface area is 127 Å². The minimum Gasteiger partial charge on any atom is -0.491 e. The van der Waals surface area contributed by atoms with Gasteiger partial charge in [-0.1, -0.05) is 25.5 Å². The van der Waals surface area contributed by atoms with E-state index in [0.717, 1.165) is 31.8 Å². The van der Waals surface area contributed by atoms with Gasteiger partial charge in [-0.05, 0) is 37.3 Å². The number of carbonyl (C=O) groups excluding carboxylic acids is 1. The lowest BCUT2D eigenvalue weighted by atomic mass is 9.98. The zero-order chi connectivity index (χ0) is 15.1. The molecule has 2 rings (SSSR count). The van der Waals surface area contributed by atoms with Gasteiger partial charge in [-0.3, -0.25) is 4.79 Å². The Balaban J connectivity index is 1.75. The van der Waals surface area contributed by atoms with Crippen LogP contribution in [0.1, 0.15) is 39.0 Å². The number of nitrogen functional groups attached to an aromatic ring is 1. The van der Waals surface area contributed by atoms with Crippen molar-refractivity contribution in [3.8, 4) is 5.75 Å². The van der Waals surface area contributed by atoms with E-state index in [9.17, 15) is 4.79 Å². The molecule has 4 nitrogen and oxygen atoms in total. The van der Waals surface area contributed by atoms with Gasteiger partial charge in [0.05, 0.1) is 18.7 Å². The van der Waals surface area contributed by atoms with Crippen LogP contribution < -0.4 is 10.5 Å². The number of carbonyl (C=O) groups is 1. The number of para-hydroxylation sites is 2. The topological polar surface area (TPSA) is 55.6 Å². The molecule has 21 heavy (non-hydrogen) atoms. The van der Waals surface area contributed by atoms with Crippen molar-refractivity contribution >= 4 is 11.6 Å². The second kappa shape index (κ2) is 7.91. The normalized spacial score (nSPS) is 19.1. The summed E-state index contributed by atoms with van der Waals surface area (Å²) in [7, 11) is 0. The smallest absolute Gasteiger partial charge is 0.225 e. The van der Waals surface area contributed by atoms with Crippen molar-refractivity contribution in [2.24, 2.45) is 5.92 Å². The molecule has 0 radical (unpaired) electrons. The molecule has 1 heterocycles. The van der Waals surface area contributed by atoms with Gasteiger partial charge in [0.15, 0.2) is 0 Å². The molecule has 4 heteroatoms. The molecule has 1 aliphatic heterocycles. The summed E-state index contributed by atoms with van der Waals surface area (Å²) in [6, 6.07) is 7.39. The van der Waals surface area contributed by atoms with E-state index in [1.54, 1.807) is 6.07 Å². The molecule has 1 aromatic carbocycles. The summed E-state index contributed by atoms with van der Waals surface area (Å²) in [5, 5.41) is 0. The number of nitrogens with two attached hydrogens (primary N) is 1. The average Bonchev–Trinajstić information content (AvgIpc) is 2.74. The Morgan fingerprint density at radius 1 is 1.33 bits per heavy atom. The molecular formula is C17H26N2O2. The highest BCUT2D eigenvalue weighted by Gasteiger charge is 2.19. The fourth-order valence-electron chi connectivity index (χ4n) is 2.84. The third kappa shape index (κ3) is 4.66. The third-order valence-corrected chi connectivity index (χ3v) is 4.27. The molecule has 0 spiro atoms. The number of nitrogens with zero attached hydrogens (tertiary/aromatic N) is 1. The lowest BCUT2D eigenvalue weighted by molar-refractivity contribution is -0.131. The summed E-state index contributed by atoms with van der Waals surface area (Å²) in [5.41, 5.74) is 6.43. The fourth-order valence-corrected chi connectivity index (χ4v) is 2.84. The van der Waals surface area contributed by atoms with Crippen LogP contribution in [0, 0.1) is 5.92 Å². The number of amides is 1. The maximum Gasteiger partial charge on any atom is 0.225 e. The lowest BCUT2D eigenvalue weighted by Crippen LogP contribution is -2.32. The van der Waals surface area contributed by atoms with E-state index in [2.05, 4.69) is 6.92 Å². The Morgan fingerprint density at radius 2 is 2.14 bits per heavy atom. The molecule has 0 bridgehead atoms. The molecule has 116 valence electrons. The number of hydrogen-bond donors (Lipinski definition) is 1. The van der Waals surface area contributed by atoms with E-state index in [-0.39, 0.29) is 5.91 Å². The van der Waals surface area contributed by atoms with Gasteiger partial charge in [-0.15, -0.1) is 0 Å². The van der Waals surface area contributed by atoms with Gasteiger partial charge in [-0.25, -0.2) is 0 Å². The zero-order valence-electron chi connectivity index (χ0n) is 12.9. The van der Waals surface area contributed by atoms with Gasteiger partial charge in [0, 0.05) is 13.1 Å². The van der Waals surface area contributed by atoms with Gasteiger partial charge >= 0.3 is 0 Å². The predicted molar refractivity (Wildman–Crippen MR) is 85.2 cm³/mol. The quantitative estimate of drug-likeness (QED) is 0.848.